The zero-order chi connectivity index (χ0) is 15.7. The number of rotatable bonds is 4. The van der Waals surface area contributed by atoms with E-state index in [9.17, 15) is 23.8 Å². The number of carbonyl (C=O) groups is 1. The summed E-state index contributed by atoms with van der Waals surface area (Å²) in [5.41, 5.74) is 0.0159. The van der Waals surface area contributed by atoms with Crippen molar-refractivity contribution in [2.75, 3.05) is 0 Å². The lowest BCUT2D eigenvalue weighted by molar-refractivity contribution is -0.144. The van der Waals surface area contributed by atoms with Gasteiger partial charge in [-0.1, -0.05) is 13.3 Å². The molecule has 1 aromatic rings. The monoisotopic (exact) mass is 298 g/mol. The third-order valence-electron chi connectivity index (χ3n) is 4.61. The minimum Gasteiger partial charge on any atom is -0.481 e. The van der Waals surface area contributed by atoms with Crippen molar-refractivity contribution < 1.29 is 23.8 Å². The first-order valence-electron chi connectivity index (χ1n) is 7.21. The molecular weight excluding hydrogens is 278 g/mol. The molecule has 4 unspecified atom stereocenters. The molecule has 0 aliphatic heterocycles. The number of hydrogen-bond donors (Lipinski definition) is 2. The van der Waals surface area contributed by atoms with Crippen LogP contribution in [0.3, 0.4) is 0 Å². The van der Waals surface area contributed by atoms with Crippen molar-refractivity contribution in [1.82, 2.24) is 0 Å². The Labute approximate surface area is 122 Å². The summed E-state index contributed by atoms with van der Waals surface area (Å²) < 4.78 is 27.6. The number of carboxylic acids is 1. The minimum atomic E-state index is -1.29. The highest BCUT2D eigenvalue weighted by Crippen LogP contribution is 2.45. The normalized spacial score (nSPS) is 26.8. The fourth-order valence-electron chi connectivity index (χ4n) is 3.26. The minimum absolute atomic E-state index is 0.147. The van der Waals surface area contributed by atoms with Crippen LogP contribution in [0.2, 0.25) is 0 Å². The van der Waals surface area contributed by atoms with Crippen molar-refractivity contribution >= 4 is 5.97 Å². The Morgan fingerprint density at radius 3 is 2.57 bits per heavy atom. The Hall–Kier alpha value is -1.49. The van der Waals surface area contributed by atoms with Crippen molar-refractivity contribution in [2.24, 2.45) is 17.8 Å². The van der Waals surface area contributed by atoms with E-state index in [0.29, 0.717) is 12.8 Å². The van der Waals surface area contributed by atoms with Crippen LogP contribution in [0, 0.1) is 36.3 Å². The zero-order valence-electron chi connectivity index (χ0n) is 12.1. The fourth-order valence-corrected chi connectivity index (χ4v) is 3.26. The molecule has 1 fully saturated rings. The van der Waals surface area contributed by atoms with E-state index in [2.05, 4.69) is 0 Å². The smallest absolute Gasteiger partial charge is 0.306 e. The SMILES string of the molecule is CCC1CC(C(=O)O)C(C(O)c2cc(F)c(C)cc2F)C1. The van der Waals surface area contributed by atoms with E-state index in [1.54, 1.807) is 0 Å². The molecule has 1 aliphatic carbocycles. The molecule has 0 amide bonds. The van der Waals surface area contributed by atoms with Gasteiger partial charge in [0, 0.05) is 11.5 Å². The van der Waals surface area contributed by atoms with E-state index in [4.69, 9.17) is 0 Å². The summed E-state index contributed by atoms with van der Waals surface area (Å²) in [6, 6.07) is 2.02. The molecule has 2 N–H and O–H groups in total. The summed E-state index contributed by atoms with van der Waals surface area (Å²) in [4.78, 5) is 11.3. The largest absolute Gasteiger partial charge is 0.481 e. The summed E-state index contributed by atoms with van der Waals surface area (Å²) in [7, 11) is 0. The van der Waals surface area contributed by atoms with Gasteiger partial charge in [-0.15, -0.1) is 0 Å². The van der Waals surface area contributed by atoms with Crippen LogP contribution >= 0.6 is 0 Å². The number of aliphatic hydroxyl groups excluding tert-OH is 1. The molecule has 21 heavy (non-hydrogen) atoms. The molecule has 0 radical (unpaired) electrons. The maximum absolute atomic E-state index is 14.0. The summed E-state index contributed by atoms with van der Waals surface area (Å²) in [5, 5.41) is 19.7. The molecular formula is C16H20F2O3. The van der Waals surface area contributed by atoms with Crippen molar-refractivity contribution in [3.8, 4) is 0 Å². The van der Waals surface area contributed by atoms with Crippen molar-refractivity contribution in [2.45, 2.75) is 39.2 Å². The molecule has 1 saturated carbocycles. The molecule has 1 aromatic carbocycles. The number of aryl methyl sites for hydroxylation is 1. The van der Waals surface area contributed by atoms with Crippen LogP contribution in [-0.2, 0) is 4.79 Å². The summed E-state index contributed by atoms with van der Waals surface area (Å²) in [6.07, 6.45) is 0.517. The summed E-state index contributed by atoms with van der Waals surface area (Å²) in [5.74, 6) is -3.36. The van der Waals surface area contributed by atoms with Gasteiger partial charge in [-0.3, -0.25) is 4.79 Å². The highest BCUT2D eigenvalue weighted by molar-refractivity contribution is 5.71. The lowest BCUT2D eigenvalue weighted by Crippen LogP contribution is -2.24. The number of carboxylic acid groups (broad SMARTS) is 1. The van der Waals surface area contributed by atoms with E-state index in [-0.39, 0.29) is 17.0 Å². The lowest BCUT2D eigenvalue weighted by Gasteiger charge is -2.23. The molecule has 5 heteroatoms. The van der Waals surface area contributed by atoms with Gasteiger partial charge in [0.2, 0.25) is 0 Å². The second-order valence-corrected chi connectivity index (χ2v) is 5.92. The Morgan fingerprint density at radius 1 is 1.33 bits per heavy atom. The molecule has 116 valence electrons. The third-order valence-corrected chi connectivity index (χ3v) is 4.61. The molecule has 2 rings (SSSR count). The predicted octanol–water partition coefficient (Wildman–Crippen LogP) is 3.44. The molecule has 0 bridgehead atoms. The first-order chi connectivity index (χ1) is 9.85. The molecule has 3 nitrogen and oxygen atoms in total. The molecule has 0 aromatic heterocycles. The van der Waals surface area contributed by atoms with Crippen LogP contribution in [0.15, 0.2) is 12.1 Å². The van der Waals surface area contributed by atoms with Crippen LogP contribution in [0.25, 0.3) is 0 Å². The van der Waals surface area contributed by atoms with E-state index >= 15 is 0 Å². The van der Waals surface area contributed by atoms with Gasteiger partial charge in [0.25, 0.3) is 0 Å². The van der Waals surface area contributed by atoms with Crippen LogP contribution in [-0.4, -0.2) is 16.2 Å². The molecule has 1 aliphatic rings. The van der Waals surface area contributed by atoms with E-state index in [1.165, 1.54) is 6.92 Å². The Bertz CT molecular complexity index is 545. The van der Waals surface area contributed by atoms with Crippen molar-refractivity contribution in [1.29, 1.82) is 0 Å². The average Bonchev–Trinajstić information content (AvgIpc) is 2.86. The lowest BCUT2D eigenvalue weighted by atomic mass is 9.86. The number of aliphatic hydroxyl groups is 1. The first kappa shape index (κ1) is 15.9. The van der Waals surface area contributed by atoms with E-state index < -0.39 is 35.5 Å². The standard InChI is InChI=1S/C16H20F2O3/c1-3-9-5-10(11(6-9)16(20)21)15(19)12-7-13(17)8(2)4-14(12)18/h4,7,9-11,15,19H,3,5-6H2,1-2H3,(H,20,21). The molecule has 0 spiro atoms. The van der Waals surface area contributed by atoms with Gasteiger partial charge in [0.05, 0.1) is 12.0 Å². The Morgan fingerprint density at radius 2 is 2.00 bits per heavy atom. The van der Waals surface area contributed by atoms with E-state index in [1.807, 2.05) is 6.92 Å². The fraction of sp³-hybridized carbons (Fsp3) is 0.562. The van der Waals surface area contributed by atoms with Crippen molar-refractivity contribution in [3.63, 3.8) is 0 Å². The van der Waals surface area contributed by atoms with E-state index in [0.717, 1.165) is 18.6 Å². The second-order valence-electron chi connectivity index (χ2n) is 5.92. The van der Waals surface area contributed by atoms with Gasteiger partial charge in [-0.05, 0) is 43.4 Å². The average molecular weight is 298 g/mol. The van der Waals surface area contributed by atoms with Crippen LogP contribution in [0.5, 0.6) is 0 Å². The second kappa shape index (κ2) is 6.10. The Kier molecular flexibility index (Phi) is 4.61. The van der Waals surface area contributed by atoms with Gasteiger partial charge < -0.3 is 10.2 Å². The van der Waals surface area contributed by atoms with Gasteiger partial charge in [0.15, 0.2) is 0 Å². The van der Waals surface area contributed by atoms with Gasteiger partial charge in [0.1, 0.15) is 11.6 Å². The topological polar surface area (TPSA) is 57.5 Å². The third kappa shape index (κ3) is 3.07. The van der Waals surface area contributed by atoms with Gasteiger partial charge in [-0.2, -0.15) is 0 Å². The first-order valence-corrected chi connectivity index (χ1v) is 7.21. The van der Waals surface area contributed by atoms with Crippen LogP contribution in [0.1, 0.15) is 43.4 Å². The summed E-state index contributed by atoms with van der Waals surface area (Å²) >= 11 is 0. The number of halogens is 2. The highest BCUT2D eigenvalue weighted by atomic mass is 19.1. The van der Waals surface area contributed by atoms with Crippen molar-refractivity contribution in [3.05, 3.63) is 34.9 Å². The quantitative estimate of drug-likeness (QED) is 0.895. The molecule has 0 saturated heterocycles. The Balaban J connectivity index is 2.32. The van der Waals surface area contributed by atoms with Crippen LogP contribution < -0.4 is 0 Å². The van der Waals surface area contributed by atoms with Crippen LogP contribution in [0.4, 0.5) is 8.78 Å². The molecule has 4 atom stereocenters. The van der Waals surface area contributed by atoms with Gasteiger partial charge >= 0.3 is 5.97 Å². The number of hydrogen-bond acceptors (Lipinski definition) is 2. The highest BCUT2D eigenvalue weighted by Gasteiger charge is 2.42. The zero-order valence-corrected chi connectivity index (χ0v) is 12.1. The summed E-state index contributed by atoms with van der Waals surface area (Å²) in [6.45, 7) is 3.40. The predicted molar refractivity (Wildman–Crippen MR) is 73.7 cm³/mol. The number of benzene rings is 1. The maximum atomic E-state index is 14.0. The maximum Gasteiger partial charge on any atom is 0.306 e. The number of aliphatic carboxylic acids is 1. The molecule has 0 heterocycles. The van der Waals surface area contributed by atoms with Gasteiger partial charge in [-0.25, -0.2) is 8.78 Å².